The van der Waals surface area contributed by atoms with Gasteiger partial charge in [-0.25, -0.2) is 14.2 Å². The van der Waals surface area contributed by atoms with Crippen LogP contribution in [0.25, 0.3) is 44.2 Å². The summed E-state index contributed by atoms with van der Waals surface area (Å²) >= 11 is 13.2. The van der Waals surface area contributed by atoms with E-state index in [9.17, 15) is 20.0 Å². The summed E-state index contributed by atoms with van der Waals surface area (Å²) in [7, 11) is 3.31. The number of nitrogens with one attached hydrogen (secondary N) is 1. The van der Waals surface area contributed by atoms with Crippen molar-refractivity contribution in [2.45, 2.75) is 56.3 Å². The van der Waals surface area contributed by atoms with E-state index in [0.717, 1.165) is 36.0 Å². The van der Waals surface area contributed by atoms with Crippen LogP contribution < -0.4 is 5.32 Å². The fraction of sp³-hybridized carbons (Fsp3) is 0.359. The van der Waals surface area contributed by atoms with Crippen molar-refractivity contribution in [3.8, 4) is 28.5 Å². The number of piperidine rings is 1. The molecule has 6 heterocycles. The molecule has 264 valence electrons. The molecule has 6 atom stereocenters. The predicted octanol–water partition coefficient (Wildman–Crippen LogP) is 7.87. The van der Waals surface area contributed by atoms with Crippen LogP contribution in [0.3, 0.4) is 0 Å². The molecular formula is C39H34Cl2FN7O3. The minimum absolute atomic E-state index is 0.00875. The Morgan fingerprint density at radius 2 is 1.94 bits per heavy atom. The third-order valence-electron chi connectivity index (χ3n) is 11.6. The van der Waals surface area contributed by atoms with Gasteiger partial charge in [0.2, 0.25) is 0 Å². The van der Waals surface area contributed by atoms with Crippen LogP contribution in [0.1, 0.15) is 59.5 Å². The van der Waals surface area contributed by atoms with E-state index in [-0.39, 0.29) is 69.7 Å². The molecular weight excluding hydrogens is 704 g/mol. The van der Waals surface area contributed by atoms with Gasteiger partial charge in [0.1, 0.15) is 11.2 Å². The topological polar surface area (TPSA) is 127 Å². The first kappa shape index (κ1) is 33.1. The second kappa shape index (κ2) is 12.2. The molecule has 52 heavy (non-hydrogen) atoms. The normalized spacial score (nSPS) is 24.2. The number of hydrogen-bond acceptors (Lipinski definition) is 6. The van der Waals surface area contributed by atoms with Crippen molar-refractivity contribution in [3.05, 3.63) is 81.5 Å². The molecule has 10 nitrogen and oxygen atoms in total. The van der Waals surface area contributed by atoms with E-state index in [2.05, 4.69) is 20.9 Å². The number of carbonyl (C=O) groups excluding carboxylic acids is 1. The van der Waals surface area contributed by atoms with Gasteiger partial charge in [-0.05, 0) is 73.4 Å². The molecule has 10 rings (SSSR count). The Hall–Kier alpha value is -4.76. The van der Waals surface area contributed by atoms with Gasteiger partial charge >= 0.3 is 6.09 Å². The first-order valence-electron chi connectivity index (χ1n) is 17.5. The largest absolute Gasteiger partial charge is 0.465 e. The van der Waals surface area contributed by atoms with Gasteiger partial charge in [0, 0.05) is 78.5 Å². The Bertz CT molecular complexity index is 2380. The van der Waals surface area contributed by atoms with E-state index in [4.69, 9.17) is 28.2 Å². The highest BCUT2D eigenvalue weighted by Crippen LogP contribution is 2.57. The van der Waals surface area contributed by atoms with Gasteiger partial charge in [-0.2, -0.15) is 5.26 Å². The number of nitrogens with zero attached hydrogens (tertiary/aromatic N) is 6. The number of fused-ring (bicyclic) bond motifs is 5. The number of rotatable bonds is 7. The summed E-state index contributed by atoms with van der Waals surface area (Å²) < 4.78 is 19.8. The quantitative estimate of drug-likeness (QED) is 0.174. The predicted molar refractivity (Wildman–Crippen MR) is 196 cm³/mol. The minimum Gasteiger partial charge on any atom is -0.465 e. The first-order valence-corrected chi connectivity index (χ1v) is 18.3. The van der Waals surface area contributed by atoms with Gasteiger partial charge in [-0.15, -0.1) is 0 Å². The zero-order valence-electron chi connectivity index (χ0n) is 28.4. The molecule has 3 aromatic heterocycles. The van der Waals surface area contributed by atoms with Gasteiger partial charge in [0.05, 0.1) is 39.4 Å². The standard InChI is InChI=1S/C39H34Cl2FN7O3/c1-47(2)38(50)26-9-8-19(16-44-26)34-24-15-30(29-14-20-13-28(20)48(29)39(51)52)49(36-21-12-27(36)45-17-21)37(24)23-11-18(5-4-10-43)31(33(42)35(23)46-34)22-6-3-7-25(40)32(22)41/h3,6-9,11,15-16,20-21,27-29,36,45H,4-5,12-14,17H2,1-2H3,(H,51,52)/t20-,21?,27?,28+,29+,36?/m0/s1. The summed E-state index contributed by atoms with van der Waals surface area (Å²) in [6.07, 6.45) is 3.63. The van der Waals surface area contributed by atoms with Crippen LogP contribution in [0.4, 0.5) is 9.18 Å². The third kappa shape index (κ3) is 4.91. The number of amides is 2. The number of halogens is 3. The number of aromatic nitrogens is 3. The van der Waals surface area contributed by atoms with Crippen molar-refractivity contribution >= 4 is 57.0 Å². The lowest BCUT2D eigenvalue weighted by molar-refractivity contribution is 0.0822. The number of pyridine rings is 2. The molecule has 13 heteroatoms. The monoisotopic (exact) mass is 737 g/mol. The fourth-order valence-electron chi connectivity index (χ4n) is 9.05. The fourth-order valence-corrected chi connectivity index (χ4v) is 9.45. The Morgan fingerprint density at radius 3 is 2.62 bits per heavy atom. The maximum absolute atomic E-state index is 17.5. The molecule has 2 amide bonds. The minimum atomic E-state index is -0.942. The van der Waals surface area contributed by atoms with Crippen molar-refractivity contribution in [3.63, 3.8) is 0 Å². The third-order valence-corrected chi connectivity index (χ3v) is 12.4. The molecule has 3 aliphatic heterocycles. The summed E-state index contributed by atoms with van der Waals surface area (Å²) in [5, 5.41) is 25.5. The Balaban J connectivity index is 1.38. The van der Waals surface area contributed by atoms with E-state index in [1.165, 1.54) is 4.90 Å². The summed E-state index contributed by atoms with van der Waals surface area (Å²) in [4.78, 5) is 38.1. The maximum atomic E-state index is 17.5. The first-order chi connectivity index (χ1) is 25.1. The highest BCUT2D eigenvalue weighted by atomic mass is 35.5. The molecule has 2 bridgehead atoms. The lowest BCUT2D eigenvalue weighted by Gasteiger charge is -2.39. The van der Waals surface area contributed by atoms with Crippen LogP contribution >= 0.6 is 23.2 Å². The van der Waals surface area contributed by atoms with Crippen LogP contribution in [0.2, 0.25) is 10.0 Å². The Kier molecular flexibility index (Phi) is 7.74. The number of carbonyl (C=O) groups is 2. The number of aryl methyl sites for hydroxylation is 1. The van der Waals surface area contributed by atoms with Crippen molar-refractivity contribution in [2.75, 3.05) is 20.6 Å². The van der Waals surface area contributed by atoms with E-state index >= 15 is 4.39 Å². The highest BCUT2D eigenvalue weighted by Gasteiger charge is 2.57. The van der Waals surface area contributed by atoms with E-state index in [1.807, 2.05) is 12.1 Å². The molecule has 5 aliphatic rings. The SMILES string of the molecule is CN(C)C(=O)c1ccc(-c2nc3c(F)c(-c4cccc(Cl)c4Cl)c(CCC#N)cc3c3c2cc([C@H]2C[C@@H]4C[C@H]4N2C(=O)O)n3C2C3CNC2C3)cn1. The molecule has 2 saturated carbocycles. The number of hydrogen-bond donors (Lipinski definition) is 2. The van der Waals surface area contributed by atoms with Crippen LogP contribution in [0, 0.1) is 29.0 Å². The van der Waals surface area contributed by atoms with E-state index < -0.39 is 11.9 Å². The molecule has 2 N–H and O–H groups in total. The summed E-state index contributed by atoms with van der Waals surface area (Å²) in [6, 6.07) is 14.5. The van der Waals surface area contributed by atoms with Crippen molar-refractivity contribution in [1.82, 2.24) is 29.7 Å². The van der Waals surface area contributed by atoms with Crippen molar-refractivity contribution < 1.29 is 19.1 Å². The zero-order chi connectivity index (χ0) is 36.2. The molecule has 3 saturated heterocycles. The molecule has 2 aromatic carbocycles. The molecule has 2 aliphatic carbocycles. The molecule has 3 unspecified atom stereocenters. The lowest BCUT2D eigenvalue weighted by atomic mass is 9.79. The van der Waals surface area contributed by atoms with E-state index in [0.29, 0.717) is 46.0 Å². The molecule has 5 aromatic rings. The second-order valence-corrected chi connectivity index (χ2v) is 15.5. The van der Waals surface area contributed by atoms with Gasteiger partial charge in [0.15, 0.2) is 5.82 Å². The Morgan fingerprint density at radius 1 is 1.12 bits per heavy atom. The average Bonchev–Trinajstić information content (AvgIpc) is 3.54. The smallest absolute Gasteiger partial charge is 0.408 e. The van der Waals surface area contributed by atoms with E-state index in [1.54, 1.807) is 55.5 Å². The summed E-state index contributed by atoms with van der Waals surface area (Å²) in [6.45, 7) is 0.841. The average molecular weight is 739 g/mol. The zero-order valence-corrected chi connectivity index (χ0v) is 29.9. The molecule has 0 radical (unpaired) electrons. The van der Waals surface area contributed by atoms with Crippen molar-refractivity contribution in [1.29, 1.82) is 5.26 Å². The summed E-state index contributed by atoms with van der Waals surface area (Å²) in [5.74, 6) is -0.213. The van der Waals surface area contributed by atoms with Crippen LogP contribution in [-0.4, -0.2) is 74.2 Å². The van der Waals surface area contributed by atoms with Crippen LogP contribution in [0.15, 0.2) is 48.7 Å². The maximum Gasteiger partial charge on any atom is 0.408 e. The number of likely N-dealkylation sites (tertiary alicyclic amines) is 1. The number of carboxylic acid groups (broad SMARTS) is 1. The second-order valence-electron chi connectivity index (χ2n) is 14.7. The number of nitriles is 1. The van der Waals surface area contributed by atoms with Gasteiger partial charge in [0.25, 0.3) is 5.91 Å². The lowest BCUT2D eigenvalue weighted by Crippen LogP contribution is -2.41. The summed E-state index contributed by atoms with van der Waals surface area (Å²) in [5.41, 5.74) is 4.28. The Labute approximate surface area is 308 Å². The van der Waals surface area contributed by atoms with Crippen molar-refractivity contribution in [2.24, 2.45) is 11.8 Å². The molecule has 5 fully saturated rings. The van der Waals surface area contributed by atoms with Gasteiger partial charge in [-0.3, -0.25) is 14.7 Å². The molecule has 0 spiro atoms. The van der Waals surface area contributed by atoms with Gasteiger partial charge in [-0.1, -0.05) is 35.3 Å². The van der Waals surface area contributed by atoms with Crippen LogP contribution in [0.5, 0.6) is 0 Å². The highest BCUT2D eigenvalue weighted by molar-refractivity contribution is 6.43. The van der Waals surface area contributed by atoms with Gasteiger partial charge < -0.3 is 19.9 Å². The van der Waals surface area contributed by atoms with Crippen LogP contribution in [-0.2, 0) is 6.42 Å². The number of benzene rings is 2.